The quantitative estimate of drug-likeness (QED) is 0.329. The van der Waals surface area contributed by atoms with Crippen LogP contribution in [0.5, 0.6) is 0 Å². The molecule has 180 valence electrons. The van der Waals surface area contributed by atoms with E-state index in [1.165, 1.54) is 42.4 Å². The van der Waals surface area contributed by atoms with Crippen LogP contribution in [0.1, 0.15) is 110 Å². The van der Waals surface area contributed by atoms with Crippen LogP contribution in [0.15, 0.2) is 41.4 Å². The molecule has 1 N–H and O–H groups in total. The Morgan fingerprint density at radius 1 is 0.636 bits per heavy atom. The maximum atomic E-state index is 4.91. The lowest BCUT2D eigenvalue weighted by Gasteiger charge is -2.20. The second-order valence-corrected chi connectivity index (χ2v) is 11.7. The van der Waals surface area contributed by atoms with Gasteiger partial charge in [-0.1, -0.05) is 67.5 Å². The summed E-state index contributed by atoms with van der Waals surface area (Å²) < 4.78 is 0. The average Bonchev–Trinajstić information content (AvgIpc) is 2.90. The van der Waals surface area contributed by atoms with Crippen molar-refractivity contribution in [3.05, 3.63) is 53.1 Å². The fourth-order valence-corrected chi connectivity index (χ4v) is 5.74. The van der Waals surface area contributed by atoms with E-state index in [4.69, 9.17) is 4.99 Å². The molecule has 2 nitrogen and oxygen atoms in total. The lowest BCUT2D eigenvalue weighted by atomic mass is 9.86. The summed E-state index contributed by atoms with van der Waals surface area (Å²) in [4.78, 5) is 4.91. The van der Waals surface area contributed by atoms with Gasteiger partial charge in [0.2, 0.25) is 0 Å². The van der Waals surface area contributed by atoms with Crippen LogP contribution < -0.4 is 5.32 Å². The fraction of sp³-hybridized carbons (Fsp3) is 0.581. The molecule has 3 rings (SSSR count). The van der Waals surface area contributed by atoms with E-state index in [1.807, 2.05) is 0 Å². The summed E-state index contributed by atoms with van der Waals surface area (Å²) in [6.45, 7) is 18.8. The number of benzene rings is 2. The summed E-state index contributed by atoms with van der Waals surface area (Å²) in [5.41, 5.74) is 7.29. The van der Waals surface area contributed by atoms with Crippen molar-refractivity contribution in [3.63, 3.8) is 0 Å². The van der Waals surface area contributed by atoms with Crippen LogP contribution in [0.2, 0.25) is 0 Å². The Bertz CT molecular complexity index is 864. The lowest BCUT2D eigenvalue weighted by Crippen LogP contribution is -2.06. The maximum Gasteiger partial charge on any atom is 0.0867 e. The average molecular weight is 447 g/mol. The minimum absolute atomic E-state index is 0.546. The van der Waals surface area contributed by atoms with Gasteiger partial charge in [-0.15, -0.1) is 0 Å². The Morgan fingerprint density at radius 2 is 1.15 bits per heavy atom. The molecule has 2 heteroatoms. The summed E-state index contributed by atoms with van der Waals surface area (Å²) in [6.07, 6.45) is 7.10. The highest BCUT2D eigenvalue weighted by Crippen LogP contribution is 2.37. The molecule has 0 bridgehead atoms. The van der Waals surface area contributed by atoms with E-state index in [9.17, 15) is 0 Å². The van der Waals surface area contributed by atoms with Gasteiger partial charge in [-0.3, -0.25) is 4.99 Å². The first kappa shape index (κ1) is 25.5. The van der Waals surface area contributed by atoms with Gasteiger partial charge in [0.25, 0.3) is 0 Å². The van der Waals surface area contributed by atoms with E-state index in [-0.39, 0.29) is 0 Å². The molecule has 0 saturated carbocycles. The van der Waals surface area contributed by atoms with Gasteiger partial charge in [0.15, 0.2) is 0 Å². The SMILES string of the molecule is CC(C)CC(C)CC(C)c1ccc2c(c1)C=Nc1cc(C(C)CC(C)CC(C)C)ccc1N2. The van der Waals surface area contributed by atoms with Crippen molar-refractivity contribution in [3.8, 4) is 0 Å². The second kappa shape index (κ2) is 11.4. The molecule has 0 fully saturated rings. The molecule has 1 heterocycles. The van der Waals surface area contributed by atoms with E-state index in [2.05, 4.69) is 103 Å². The van der Waals surface area contributed by atoms with Gasteiger partial charge >= 0.3 is 0 Å². The zero-order valence-corrected chi connectivity index (χ0v) is 22.3. The number of hydrogen-bond acceptors (Lipinski definition) is 2. The Hall–Kier alpha value is -2.09. The van der Waals surface area contributed by atoms with Crippen molar-refractivity contribution in [2.75, 3.05) is 5.32 Å². The summed E-state index contributed by atoms with van der Waals surface area (Å²) in [6, 6.07) is 13.6. The molecule has 33 heavy (non-hydrogen) atoms. The highest BCUT2D eigenvalue weighted by atomic mass is 14.9. The van der Waals surface area contributed by atoms with Crippen LogP contribution in [0.3, 0.4) is 0 Å². The van der Waals surface area contributed by atoms with Crippen LogP contribution in [0.25, 0.3) is 0 Å². The van der Waals surface area contributed by atoms with Crippen LogP contribution in [0.4, 0.5) is 17.1 Å². The zero-order valence-electron chi connectivity index (χ0n) is 22.3. The molecular weight excluding hydrogens is 400 g/mol. The number of rotatable bonds is 10. The van der Waals surface area contributed by atoms with Crippen LogP contribution >= 0.6 is 0 Å². The van der Waals surface area contributed by atoms with Gasteiger partial charge in [-0.05, 0) is 96.6 Å². The number of anilines is 2. The number of fused-ring (bicyclic) bond motifs is 2. The van der Waals surface area contributed by atoms with Crippen LogP contribution in [-0.4, -0.2) is 6.21 Å². The van der Waals surface area contributed by atoms with Crippen LogP contribution in [-0.2, 0) is 0 Å². The Balaban J connectivity index is 1.74. The highest BCUT2D eigenvalue weighted by molar-refractivity contribution is 5.95. The number of nitrogens with zero attached hydrogens (tertiary/aromatic N) is 1. The summed E-state index contributed by atoms with van der Waals surface area (Å²) in [5.74, 6) is 4.12. The topological polar surface area (TPSA) is 24.4 Å². The third kappa shape index (κ3) is 7.19. The Labute approximate surface area is 203 Å². The molecular formula is C31H46N2. The smallest absolute Gasteiger partial charge is 0.0867 e. The Kier molecular flexibility index (Phi) is 8.79. The van der Waals surface area contributed by atoms with Gasteiger partial charge in [0.05, 0.1) is 11.4 Å². The van der Waals surface area contributed by atoms with Gasteiger partial charge < -0.3 is 5.32 Å². The van der Waals surface area contributed by atoms with Crippen molar-refractivity contribution in [1.82, 2.24) is 0 Å². The maximum absolute atomic E-state index is 4.91. The molecule has 0 radical (unpaired) electrons. The first-order valence-electron chi connectivity index (χ1n) is 13.2. The summed E-state index contributed by atoms with van der Waals surface area (Å²) in [5, 5.41) is 3.64. The van der Waals surface area contributed by atoms with Crippen molar-refractivity contribution < 1.29 is 0 Å². The van der Waals surface area contributed by atoms with Crippen LogP contribution in [0, 0.1) is 23.7 Å². The van der Waals surface area contributed by atoms with Crippen molar-refractivity contribution in [2.45, 2.75) is 92.9 Å². The molecule has 0 aromatic heterocycles. The van der Waals surface area contributed by atoms with Crippen molar-refractivity contribution in [2.24, 2.45) is 28.7 Å². The molecule has 1 aliphatic heterocycles. The lowest BCUT2D eigenvalue weighted by molar-refractivity contribution is 0.392. The number of aliphatic imine (C=N–C) groups is 1. The van der Waals surface area contributed by atoms with Gasteiger partial charge in [-0.25, -0.2) is 0 Å². The molecule has 2 aromatic rings. The van der Waals surface area contributed by atoms with E-state index in [0.717, 1.165) is 40.7 Å². The molecule has 0 saturated heterocycles. The number of hydrogen-bond donors (Lipinski definition) is 1. The first-order valence-corrected chi connectivity index (χ1v) is 13.2. The second-order valence-electron chi connectivity index (χ2n) is 11.7. The van der Waals surface area contributed by atoms with E-state index < -0.39 is 0 Å². The van der Waals surface area contributed by atoms with Crippen molar-refractivity contribution in [1.29, 1.82) is 0 Å². The zero-order chi connectivity index (χ0) is 24.1. The minimum Gasteiger partial charge on any atom is -0.353 e. The van der Waals surface area contributed by atoms with E-state index in [1.54, 1.807) is 0 Å². The number of nitrogens with one attached hydrogen (secondary N) is 1. The fourth-order valence-electron chi connectivity index (χ4n) is 5.74. The molecule has 1 aliphatic rings. The first-order chi connectivity index (χ1) is 15.6. The minimum atomic E-state index is 0.546. The van der Waals surface area contributed by atoms with Gasteiger partial charge in [-0.2, -0.15) is 0 Å². The molecule has 0 spiro atoms. The molecule has 4 atom stereocenters. The standard InChI is InChI=1S/C31H46N2/c1-20(2)13-22(5)15-24(7)26-9-11-29-28(17-26)19-32-31-18-27(10-12-30(31)33-29)25(8)16-23(6)14-21(3)4/h9-12,17-25,33H,13-16H2,1-8H3. The molecule has 2 aromatic carbocycles. The van der Waals surface area contributed by atoms with Gasteiger partial charge in [0, 0.05) is 17.5 Å². The van der Waals surface area contributed by atoms with E-state index >= 15 is 0 Å². The summed E-state index contributed by atoms with van der Waals surface area (Å²) >= 11 is 0. The summed E-state index contributed by atoms with van der Waals surface area (Å²) in [7, 11) is 0. The molecule has 4 unspecified atom stereocenters. The van der Waals surface area contributed by atoms with Crippen molar-refractivity contribution >= 4 is 23.3 Å². The third-order valence-corrected chi connectivity index (χ3v) is 7.11. The largest absolute Gasteiger partial charge is 0.353 e. The van der Waals surface area contributed by atoms with Gasteiger partial charge in [0.1, 0.15) is 0 Å². The normalized spacial score (nSPS) is 16.5. The molecule has 0 aliphatic carbocycles. The highest BCUT2D eigenvalue weighted by Gasteiger charge is 2.17. The monoisotopic (exact) mass is 446 g/mol. The Morgan fingerprint density at radius 3 is 1.70 bits per heavy atom. The van der Waals surface area contributed by atoms with E-state index in [0.29, 0.717) is 11.8 Å². The predicted molar refractivity (Wildman–Crippen MR) is 147 cm³/mol. The third-order valence-electron chi connectivity index (χ3n) is 7.11. The molecule has 0 amide bonds. The predicted octanol–water partition coefficient (Wildman–Crippen LogP) is 9.85.